The molecule has 4 N–H and O–H groups in total. The summed E-state index contributed by atoms with van der Waals surface area (Å²) < 4.78 is 5.38. The van der Waals surface area contributed by atoms with Crippen LogP contribution < -0.4 is 16.4 Å². The Morgan fingerprint density at radius 3 is 2.94 bits per heavy atom. The van der Waals surface area contributed by atoms with Crippen LogP contribution in [0.1, 0.15) is 23.2 Å². The molecule has 1 saturated heterocycles. The van der Waals surface area contributed by atoms with Gasteiger partial charge in [0.05, 0.1) is 23.0 Å². The van der Waals surface area contributed by atoms with Gasteiger partial charge in [0, 0.05) is 20.2 Å². The summed E-state index contributed by atoms with van der Waals surface area (Å²) in [7, 11) is 1.71. The van der Waals surface area contributed by atoms with E-state index in [0.717, 1.165) is 31.6 Å². The second-order valence-corrected chi connectivity index (χ2v) is 4.55. The Balaban J connectivity index is 2.34. The minimum absolute atomic E-state index is 0.180. The maximum atomic E-state index is 11.5. The topological polar surface area (TPSA) is 81.6 Å². The van der Waals surface area contributed by atoms with Gasteiger partial charge in [-0.2, -0.15) is 0 Å². The van der Waals surface area contributed by atoms with Gasteiger partial charge in [-0.1, -0.05) is 6.07 Å². The van der Waals surface area contributed by atoms with Crippen LogP contribution in [0, 0.1) is 0 Å². The first-order chi connectivity index (χ1) is 8.63. The molecule has 1 aliphatic heterocycles. The van der Waals surface area contributed by atoms with E-state index in [9.17, 15) is 4.79 Å². The second-order valence-electron chi connectivity index (χ2n) is 4.55. The molecule has 5 nitrogen and oxygen atoms in total. The van der Waals surface area contributed by atoms with Gasteiger partial charge in [-0.15, -0.1) is 0 Å². The predicted molar refractivity (Wildman–Crippen MR) is 71.6 cm³/mol. The molecule has 1 unspecified atom stereocenters. The van der Waals surface area contributed by atoms with Gasteiger partial charge >= 0.3 is 0 Å². The zero-order chi connectivity index (χ0) is 13.1. The van der Waals surface area contributed by atoms with Crippen LogP contribution in [0.15, 0.2) is 18.2 Å². The number of rotatable bonds is 3. The van der Waals surface area contributed by atoms with E-state index in [1.807, 2.05) is 0 Å². The predicted octanol–water partition coefficient (Wildman–Crippen LogP) is 0.983. The van der Waals surface area contributed by atoms with Crippen LogP contribution in [-0.2, 0) is 4.74 Å². The van der Waals surface area contributed by atoms with Gasteiger partial charge in [0.1, 0.15) is 0 Å². The number of nitrogens with zero attached hydrogens (tertiary/aromatic N) is 1. The normalized spacial score (nSPS) is 19.8. The minimum Gasteiger partial charge on any atom is -0.397 e. The molecule has 1 amide bonds. The molecular weight excluding hydrogens is 230 g/mol. The molecule has 5 heteroatoms. The number of benzene rings is 1. The molecule has 0 spiro atoms. The molecule has 98 valence electrons. The van der Waals surface area contributed by atoms with Crippen LogP contribution in [0.5, 0.6) is 0 Å². The van der Waals surface area contributed by atoms with Crippen molar-refractivity contribution in [3.63, 3.8) is 0 Å². The molecule has 1 heterocycles. The van der Waals surface area contributed by atoms with Gasteiger partial charge in [-0.3, -0.25) is 4.79 Å². The van der Waals surface area contributed by atoms with E-state index in [0.29, 0.717) is 11.3 Å². The van der Waals surface area contributed by atoms with Crippen LogP contribution in [-0.4, -0.2) is 32.2 Å². The number of nitrogens with two attached hydrogens (primary N) is 2. The SMILES string of the molecule is COC1CCCN(c2c(N)cccc2C(N)=O)C1. The number of para-hydroxylation sites is 1. The van der Waals surface area contributed by atoms with Crippen molar-refractivity contribution in [1.82, 2.24) is 0 Å². The first-order valence-corrected chi connectivity index (χ1v) is 6.09. The van der Waals surface area contributed by atoms with Gasteiger partial charge in [-0.25, -0.2) is 0 Å². The fourth-order valence-electron chi connectivity index (χ4n) is 2.45. The highest BCUT2D eigenvalue weighted by Crippen LogP contribution is 2.30. The number of hydrogen-bond acceptors (Lipinski definition) is 4. The summed E-state index contributed by atoms with van der Waals surface area (Å²) in [6.45, 7) is 1.61. The molecule has 0 aromatic heterocycles. The van der Waals surface area contributed by atoms with E-state index >= 15 is 0 Å². The quantitative estimate of drug-likeness (QED) is 0.782. The summed E-state index contributed by atoms with van der Waals surface area (Å²) in [6, 6.07) is 5.25. The zero-order valence-corrected chi connectivity index (χ0v) is 10.6. The van der Waals surface area contributed by atoms with E-state index in [-0.39, 0.29) is 6.10 Å². The van der Waals surface area contributed by atoms with E-state index in [1.54, 1.807) is 25.3 Å². The van der Waals surface area contributed by atoms with Crippen molar-refractivity contribution in [2.24, 2.45) is 5.73 Å². The number of methoxy groups -OCH3 is 1. The summed E-state index contributed by atoms with van der Waals surface area (Å²) >= 11 is 0. The Morgan fingerprint density at radius 2 is 2.28 bits per heavy atom. The monoisotopic (exact) mass is 249 g/mol. The molecule has 0 radical (unpaired) electrons. The fourth-order valence-corrected chi connectivity index (χ4v) is 2.45. The molecule has 1 aliphatic rings. The Kier molecular flexibility index (Phi) is 3.72. The lowest BCUT2D eigenvalue weighted by Gasteiger charge is -2.35. The van der Waals surface area contributed by atoms with Crippen molar-refractivity contribution in [1.29, 1.82) is 0 Å². The lowest BCUT2D eigenvalue weighted by molar-refractivity contribution is 0.0890. The van der Waals surface area contributed by atoms with Crippen molar-refractivity contribution < 1.29 is 9.53 Å². The molecule has 0 saturated carbocycles. The second kappa shape index (κ2) is 5.27. The Morgan fingerprint density at radius 1 is 1.50 bits per heavy atom. The Hall–Kier alpha value is -1.75. The number of piperidine rings is 1. The van der Waals surface area contributed by atoms with E-state index in [2.05, 4.69) is 4.90 Å². The molecule has 0 bridgehead atoms. The molecule has 1 aromatic carbocycles. The molecule has 0 aliphatic carbocycles. The van der Waals surface area contributed by atoms with Crippen LogP contribution in [0.3, 0.4) is 0 Å². The number of carbonyl (C=O) groups is 1. The molecule has 2 rings (SSSR count). The number of carbonyl (C=O) groups excluding carboxylic acids is 1. The number of nitrogen functional groups attached to an aromatic ring is 1. The van der Waals surface area contributed by atoms with Crippen LogP contribution in [0.2, 0.25) is 0 Å². The standard InChI is InChI=1S/C13H19N3O2/c1-18-9-4-3-7-16(8-9)12-10(13(15)17)5-2-6-11(12)14/h2,5-6,9H,3-4,7-8,14H2,1H3,(H2,15,17). The summed E-state index contributed by atoms with van der Waals surface area (Å²) in [5, 5.41) is 0. The third-order valence-electron chi connectivity index (χ3n) is 3.36. The highest BCUT2D eigenvalue weighted by molar-refractivity contribution is 6.01. The van der Waals surface area contributed by atoms with Crippen molar-refractivity contribution in [2.45, 2.75) is 18.9 Å². The largest absolute Gasteiger partial charge is 0.397 e. The summed E-state index contributed by atoms with van der Waals surface area (Å²) in [6.07, 6.45) is 2.23. The summed E-state index contributed by atoms with van der Waals surface area (Å²) in [4.78, 5) is 13.6. The summed E-state index contributed by atoms with van der Waals surface area (Å²) in [5.74, 6) is -0.447. The van der Waals surface area contributed by atoms with Gasteiger partial charge in [0.15, 0.2) is 0 Å². The van der Waals surface area contributed by atoms with Crippen LogP contribution in [0.4, 0.5) is 11.4 Å². The molecule has 1 aromatic rings. The number of ether oxygens (including phenoxy) is 1. The average molecular weight is 249 g/mol. The van der Waals surface area contributed by atoms with E-state index in [4.69, 9.17) is 16.2 Å². The molecule has 1 atom stereocenters. The first kappa shape index (κ1) is 12.7. The molecular formula is C13H19N3O2. The van der Waals surface area contributed by atoms with Crippen LogP contribution >= 0.6 is 0 Å². The third kappa shape index (κ3) is 2.41. The van der Waals surface area contributed by atoms with Gasteiger partial charge in [-0.05, 0) is 25.0 Å². The number of anilines is 2. The third-order valence-corrected chi connectivity index (χ3v) is 3.36. The number of hydrogen-bond donors (Lipinski definition) is 2. The van der Waals surface area contributed by atoms with Gasteiger partial charge < -0.3 is 21.1 Å². The zero-order valence-electron chi connectivity index (χ0n) is 10.6. The van der Waals surface area contributed by atoms with Crippen molar-refractivity contribution >= 4 is 17.3 Å². The maximum Gasteiger partial charge on any atom is 0.250 e. The fraction of sp³-hybridized carbons (Fsp3) is 0.462. The average Bonchev–Trinajstić information content (AvgIpc) is 2.38. The Bertz CT molecular complexity index is 448. The van der Waals surface area contributed by atoms with Gasteiger partial charge in [0.2, 0.25) is 0 Å². The Labute approximate surface area is 107 Å². The van der Waals surface area contributed by atoms with Gasteiger partial charge in [0.25, 0.3) is 5.91 Å². The molecule has 1 fully saturated rings. The van der Waals surface area contributed by atoms with Crippen molar-refractivity contribution in [3.8, 4) is 0 Å². The van der Waals surface area contributed by atoms with E-state index in [1.165, 1.54) is 0 Å². The maximum absolute atomic E-state index is 11.5. The van der Waals surface area contributed by atoms with E-state index < -0.39 is 5.91 Å². The highest BCUT2D eigenvalue weighted by Gasteiger charge is 2.24. The first-order valence-electron chi connectivity index (χ1n) is 6.09. The number of primary amides is 1. The van der Waals surface area contributed by atoms with Crippen molar-refractivity contribution in [2.75, 3.05) is 30.8 Å². The summed E-state index contributed by atoms with van der Waals surface area (Å²) in [5.41, 5.74) is 13.2. The lowest BCUT2D eigenvalue weighted by atomic mass is 10.0. The minimum atomic E-state index is -0.447. The highest BCUT2D eigenvalue weighted by atomic mass is 16.5. The number of amides is 1. The smallest absolute Gasteiger partial charge is 0.250 e. The van der Waals surface area contributed by atoms with Crippen LogP contribution in [0.25, 0.3) is 0 Å². The lowest BCUT2D eigenvalue weighted by Crippen LogP contribution is -2.40. The molecule has 18 heavy (non-hydrogen) atoms. The van der Waals surface area contributed by atoms with Crippen molar-refractivity contribution in [3.05, 3.63) is 23.8 Å².